The van der Waals surface area contributed by atoms with Gasteiger partial charge in [-0.05, 0) is 49.4 Å². The van der Waals surface area contributed by atoms with E-state index in [0.717, 1.165) is 29.5 Å². The molecular formula is C29H35FN4O4. The summed E-state index contributed by atoms with van der Waals surface area (Å²) in [6, 6.07) is 13.0. The van der Waals surface area contributed by atoms with Gasteiger partial charge in [0.1, 0.15) is 12.4 Å². The molecule has 1 saturated heterocycles. The van der Waals surface area contributed by atoms with E-state index < -0.39 is 6.03 Å². The van der Waals surface area contributed by atoms with E-state index in [-0.39, 0.29) is 61.6 Å². The van der Waals surface area contributed by atoms with Crippen LogP contribution in [0.3, 0.4) is 0 Å². The van der Waals surface area contributed by atoms with Crippen LogP contribution in [0.15, 0.2) is 48.5 Å². The lowest BCUT2D eigenvalue weighted by Crippen LogP contribution is -2.64. The predicted molar refractivity (Wildman–Crippen MR) is 140 cm³/mol. The van der Waals surface area contributed by atoms with Gasteiger partial charge in [-0.15, -0.1) is 0 Å². The molecule has 5 amide bonds. The topological polar surface area (TPSA) is 98.8 Å². The van der Waals surface area contributed by atoms with Gasteiger partial charge in [-0.2, -0.15) is 0 Å². The first-order valence-corrected chi connectivity index (χ1v) is 13.3. The summed E-state index contributed by atoms with van der Waals surface area (Å²) in [5, 5.41) is 5.66. The molecule has 2 aromatic rings. The average Bonchev–Trinajstić information content (AvgIpc) is 2.92. The first-order chi connectivity index (χ1) is 18.3. The molecule has 1 heterocycles. The van der Waals surface area contributed by atoms with Crippen LogP contribution in [-0.4, -0.2) is 52.7 Å². The molecule has 2 aliphatic rings. The Labute approximate surface area is 222 Å². The Morgan fingerprint density at radius 1 is 0.895 bits per heavy atom. The number of rotatable bonds is 10. The maximum absolute atomic E-state index is 13.4. The van der Waals surface area contributed by atoms with Gasteiger partial charge in [0.2, 0.25) is 17.7 Å². The second kappa shape index (κ2) is 12.7. The lowest BCUT2D eigenvalue weighted by atomic mass is 9.81. The van der Waals surface area contributed by atoms with Crippen LogP contribution >= 0.6 is 0 Å². The number of hydrogen-bond donors (Lipinski definition) is 2. The number of carbonyl (C=O) groups excluding carboxylic acids is 4. The standard InChI is InChI=1S/C29H35FN4O4/c1-20-8-10-21(11-9-20)18-32-27(36)19-34-25-6-3-2-5-24(25)28(37)33(29(34)38)16-4-7-26(35)31-17-22-12-14-23(30)15-13-22/h8-15,24-25H,2-7,16-19H2,1H3,(H,31,35)(H,32,36). The van der Waals surface area contributed by atoms with Gasteiger partial charge in [0.05, 0.1) is 5.92 Å². The number of urea groups is 1. The van der Waals surface area contributed by atoms with Gasteiger partial charge < -0.3 is 15.5 Å². The molecule has 0 aromatic heterocycles. The Morgan fingerprint density at radius 2 is 1.50 bits per heavy atom. The van der Waals surface area contributed by atoms with Crippen molar-refractivity contribution >= 4 is 23.8 Å². The molecule has 9 heteroatoms. The van der Waals surface area contributed by atoms with Crippen LogP contribution < -0.4 is 10.6 Å². The molecule has 0 radical (unpaired) electrons. The van der Waals surface area contributed by atoms with E-state index in [1.807, 2.05) is 31.2 Å². The molecule has 2 N–H and O–H groups in total. The van der Waals surface area contributed by atoms with E-state index in [1.165, 1.54) is 17.0 Å². The zero-order chi connectivity index (χ0) is 27.1. The summed E-state index contributed by atoms with van der Waals surface area (Å²) in [6.45, 7) is 2.65. The Hall–Kier alpha value is -3.75. The summed E-state index contributed by atoms with van der Waals surface area (Å²) in [6.07, 6.45) is 3.67. The van der Waals surface area contributed by atoms with E-state index in [0.29, 0.717) is 25.8 Å². The fourth-order valence-electron chi connectivity index (χ4n) is 5.16. The summed E-state index contributed by atoms with van der Waals surface area (Å²) < 4.78 is 13.0. The molecule has 4 rings (SSSR count). The Bertz CT molecular complexity index is 1150. The number of imide groups is 1. The highest BCUT2D eigenvalue weighted by Gasteiger charge is 2.47. The lowest BCUT2D eigenvalue weighted by molar-refractivity contribution is -0.142. The largest absolute Gasteiger partial charge is 0.352 e. The van der Waals surface area contributed by atoms with Crippen LogP contribution in [0.4, 0.5) is 9.18 Å². The van der Waals surface area contributed by atoms with E-state index in [4.69, 9.17) is 0 Å². The number of aryl methyl sites for hydroxylation is 1. The van der Waals surface area contributed by atoms with Crippen molar-refractivity contribution in [2.75, 3.05) is 13.1 Å². The Balaban J connectivity index is 1.31. The normalized spacial score (nSPS) is 19.2. The molecule has 202 valence electrons. The summed E-state index contributed by atoms with van der Waals surface area (Å²) in [7, 11) is 0. The molecule has 1 aliphatic heterocycles. The molecule has 0 spiro atoms. The van der Waals surface area contributed by atoms with E-state index >= 15 is 0 Å². The molecule has 38 heavy (non-hydrogen) atoms. The van der Waals surface area contributed by atoms with E-state index in [9.17, 15) is 23.6 Å². The highest BCUT2D eigenvalue weighted by molar-refractivity contribution is 6.00. The summed E-state index contributed by atoms with van der Waals surface area (Å²) in [4.78, 5) is 54.4. The molecule has 2 aromatic carbocycles. The van der Waals surface area contributed by atoms with Gasteiger partial charge in [0.15, 0.2) is 0 Å². The SMILES string of the molecule is Cc1ccc(CNC(=O)CN2C(=O)N(CCCC(=O)NCc3ccc(F)cc3)C(=O)C3CCCCC32)cc1. The van der Waals surface area contributed by atoms with Crippen molar-refractivity contribution in [1.29, 1.82) is 0 Å². The summed E-state index contributed by atoms with van der Waals surface area (Å²) >= 11 is 0. The minimum atomic E-state index is -0.463. The lowest BCUT2D eigenvalue weighted by Gasteiger charge is -2.46. The minimum absolute atomic E-state index is 0.103. The molecule has 1 saturated carbocycles. The smallest absolute Gasteiger partial charge is 0.327 e. The molecule has 2 fully saturated rings. The van der Waals surface area contributed by atoms with Gasteiger partial charge >= 0.3 is 6.03 Å². The summed E-state index contributed by atoms with van der Waals surface area (Å²) in [5.41, 5.74) is 2.89. The number of halogens is 1. The first kappa shape index (κ1) is 27.3. The van der Waals surface area contributed by atoms with Crippen molar-refractivity contribution in [3.8, 4) is 0 Å². The number of benzene rings is 2. The van der Waals surface area contributed by atoms with E-state index in [1.54, 1.807) is 17.0 Å². The van der Waals surface area contributed by atoms with Crippen molar-refractivity contribution in [2.45, 2.75) is 64.6 Å². The Morgan fingerprint density at radius 3 is 2.18 bits per heavy atom. The number of nitrogens with zero attached hydrogens (tertiary/aromatic N) is 2. The highest BCUT2D eigenvalue weighted by atomic mass is 19.1. The maximum Gasteiger partial charge on any atom is 0.327 e. The number of nitrogens with one attached hydrogen (secondary N) is 2. The zero-order valence-electron chi connectivity index (χ0n) is 21.7. The number of amides is 5. The van der Waals surface area contributed by atoms with Crippen LogP contribution in [0, 0.1) is 18.7 Å². The third kappa shape index (κ3) is 6.96. The van der Waals surface area contributed by atoms with Crippen molar-refractivity contribution in [1.82, 2.24) is 20.4 Å². The highest BCUT2D eigenvalue weighted by Crippen LogP contribution is 2.34. The molecule has 1 aliphatic carbocycles. The van der Waals surface area contributed by atoms with Gasteiger partial charge in [-0.25, -0.2) is 9.18 Å². The number of fused-ring (bicyclic) bond motifs is 1. The molecule has 8 nitrogen and oxygen atoms in total. The third-order valence-corrected chi connectivity index (χ3v) is 7.30. The van der Waals surface area contributed by atoms with Crippen LogP contribution in [0.1, 0.15) is 55.2 Å². The number of hydrogen-bond acceptors (Lipinski definition) is 4. The van der Waals surface area contributed by atoms with Crippen LogP contribution in [-0.2, 0) is 27.5 Å². The van der Waals surface area contributed by atoms with Gasteiger partial charge in [-0.3, -0.25) is 19.3 Å². The summed E-state index contributed by atoms with van der Waals surface area (Å²) in [5.74, 6) is -1.35. The Kier molecular flexibility index (Phi) is 9.10. The quantitative estimate of drug-likeness (QED) is 0.498. The van der Waals surface area contributed by atoms with Crippen molar-refractivity contribution in [2.24, 2.45) is 5.92 Å². The average molecular weight is 523 g/mol. The minimum Gasteiger partial charge on any atom is -0.352 e. The first-order valence-electron chi connectivity index (χ1n) is 13.3. The molecular weight excluding hydrogens is 487 g/mol. The zero-order valence-corrected chi connectivity index (χ0v) is 21.7. The van der Waals surface area contributed by atoms with Crippen LogP contribution in [0.5, 0.6) is 0 Å². The fourth-order valence-corrected chi connectivity index (χ4v) is 5.16. The van der Waals surface area contributed by atoms with Gasteiger partial charge in [0.25, 0.3) is 0 Å². The number of carbonyl (C=O) groups is 4. The van der Waals surface area contributed by atoms with Crippen molar-refractivity contribution < 1.29 is 23.6 Å². The molecule has 0 bridgehead atoms. The monoisotopic (exact) mass is 522 g/mol. The van der Waals surface area contributed by atoms with Crippen molar-refractivity contribution in [3.05, 3.63) is 71.0 Å². The molecule has 2 unspecified atom stereocenters. The fraction of sp³-hybridized carbons (Fsp3) is 0.448. The molecule has 2 atom stereocenters. The maximum atomic E-state index is 13.4. The second-order valence-electron chi connectivity index (χ2n) is 10.1. The predicted octanol–water partition coefficient (Wildman–Crippen LogP) is 3.67. The van der Waals surface area contributed by atoms with Crippen molar-refractivity contribution in [3.63, 3.8) is 0 Å². The third-order valence-electron chi connectivity index (χ3n) is 7.30. The van der Waals surface area contributed by atoms with Crippen LogP contribution in [0.2, 0.25) is 0 Å². The second-order valence-corrected chi connectivity index (χ2v) is 10.1. The van der Waals surface area contributed by atoms with E-state index in [2.05, 4.69) is 10.6 Å². The van der Waals surface area contributed by atoms with Crippen LogP contribution in [0.25, 0.3) is 0 Å². The van der Waals surface area contributed by atoms with Gasteiger partial charge in [-0.1, -0.05) is 54.8 Å². The van der Waals surface area contributed by atoms with Gasteiger partial charge in [0, 0.05) is 32.1 Å².